The van der Waals surface area contributed by atoms with Gasteiger partial charge in [-0.25, -0.2) is 0 Å². The summed E-state index contributed by atoms with van der Waals surface area (Å²) >= 11 is 0. The lowest BCUT2D eigenvalue weighted by atomic mass is 10.4. The van der Waals surface area contributed by atoms with Crippen molar-refractivity contribution in [3.8, 4) is 0 Å². The van der Waals surface area contributed by atoms with E-state index >= 15 is 0 Å². The van der Waals surface area contributed by atoms with Crippen molar-refractivity contribution in [3.63, 3.8) is 0 Å². The Morgan fingerprint density at radius 1 is 1.57 bits per heavy atom. The first-order valence-electron chi connectivity index (χ1n) is 2.09. The normalized spacial score (nSPS) is 10.7. The van der Waals surface area contributed by atoms with Crippen LogP contribution in [0.3, 0.4) is 0 Å². The number of rotatable bonds is 2. The molecular formula is C6H9N. The Hall–Kier alpha value is -0.850. The van der Waals surface area contributed by atoms with E-state index in [0.29, 0.717) is 0 Å². The van der Waals surface area contributed by atoms with Gasteiger partial charge in [-0.2, -0.15) is 0 Å². The summed E-state index contributed by atoms with van der Waals surface area (Å²) in [6.45, 7) is 8.78. The molecule has 0 amide bonds. The Bertz CT molecular complexity index is 101. The van der Waals surface area contributed by atoms with E-state index in [-0.39, 0.29) is 0 Å². The maximum Gasteiger partial charge on any atom is 0.0366 e. The fraction of sp³-hybridized carbons (Fsp3) is 0.167. The van der Waals surface area contributed by atoms with Gasteiger partial charge < -0.3 is 0 Å². The molecule has 0 spiro atoms. The summed E-state index contributed by atoms with van der Waals surface area (Å²) in [5.74, 6) is 0. The first-order valence-corrected chi connectivity index (χ1v) is 2.09. The highest BCUT2D eigenvalue weighted by atomic mass is 14.7. The molecule has 0 aliphatic carbocycles. The molecule has 0 saturated heterocycles. The topological polar surface area (TPSA) is 12.4 Å². The Kier molecular flexibility index (Phi) is 2.94. The largest absolute Gasteiger partial charge is 0.262 e. The van der Waals surface area contributed by atoms with E-state index in [0.717, 1.165) is 5.71 Å². The average Bonchev–Trinajstić information content (AvgIpc) is 1.68. The van der Waals surface area contributed by atoms with Crippen molar-refractivity contribution < 1.29 is 0 Å². The van der Waals surface area contributed by atoms with Gasteiger partial charge in [0.25, 0.3) is 0 Å². The molecule has 0 bridgehead atoms. The number of aliphatic imine (C=N–C) groups is 1. The van der Waals surface area contributed by atoms with Crippen molar-refractivity contribution in [1.29, 1.82) is 0 Å². The molecule has 0 aromatic carbocycles. The fourth-order valence-corrected chi connectivity index (χ4v) is 0.197. The third-order valence-electron chi connectivity index (χ3n) is 0.590. The lowest BCUT2D eigenvalue weighted by molar-refractivity contribution is 1.56. The molecule has 0 aromatic rings. The minimum Gasteiger partial charge on any atom is -0.262 e. The van der Waals surface area contributed by atoms with Crippen molar-refractivity contribution in [1.82, 2.24) is 0 Å². The van der Waals surface area contributed by atoms with Gasteiger partial charge in [0.1, 0.15) is 0 Å². The minimum absolute atomic E-state index is 0.898. The van der Waals surface area contributed by atoms with Gasteiger partial charge in [0, 0.05) is 11.9 Å². The second-order valence-electron chi connectivity index (χ2n) is 1.16. The first kappa shape index (κ1) is 6.15. The van der Waals surface area contributed by atoms with Crippen LogP contribution in [-0.2, 0) is 0 Å². The molecule has 7 heavy (non-hydrogen) atoms. The van der Waals surface area contributed by atoms with Crippen molar-refractivity contribution in [2.75, 3.05) is 0 Å². The van der Waals surface area contributed by atoms with Crippen LogP contribution in [0.15, 0.2) is 30.4 Å². The number of nitrogens with zero attached hydrogens (tertiary/aromatic N) is 1. The predicted molar refractivity (Wildman–Crippen MR) is 33.5 cm³/mol. The highest BCUT2D eigenvalue weighted by Gasteiger charge is 1.70. The molecule has 38 valence electrons. The van der Waals surface area contributed by atoms with E-state index < -0.39 is 0 Å². The average molecular weight is 95.1 g/mol. The first-order chi connectivity index (χ1) is 3.31. The molecule has 0 N–H and O–H groups in total. The number of hydrogen-bond donors (Lipinski definition) is 0. The van der Waals surface area contributed by atoms with Crippen LogP contribution in [0, 0.1) is 0 Å². The summed E-state index contributed by atoms with van der Waals surface area (Å²) in [5, 5.41) is 0. The molecule has 0 rings (SSSR count). The van der Waals surface area contributed by atoms with Crippen LogP contribution in [0.5, 0.6) is 0 Å². The van der Waals surface area contributed by atoms with Gasteiger partial charge in [0.15, 0.2) is 0 Å². The van der Waals surface area contributed by atoms with Crippen molar-refractivity contribution in [2.24, 2.45) is 4.99 Å². The highest BCUT2D eigenvalue weighted by molar-refractivity contribution is 5.92. The summed E-state index contributed by atoms with van der Waals surface area (Å²) in [6, 6.07) is 0. The lowest BCUT2D eigenvalue weighted by Crippen LogP contribution is -1.77. The van der Waals surface area contributed by atoms with E-state index in [1.54, 1.807) is 6.08 Å². The number of hydrogen-bond acceptors (Lipinski definition) is 1. The summed E-state index contributed by atoms with van der Waals surface area (Å²) in [5.41, 5.74) is 0.898. The second-order valence-corrected chi connectivity index (χ2v) is 1.16. The van der Waals surface area contributed by atoms with Gasteiger partial charge in [-0.3, -0.25) is 4.99 Å². The monoisotopic (exact) mass is 95.1 g/mol. The molecular weight excluding hydrogens is 86.1 g/mol. The molecule has 0 radical (unpaired) electrons. The molecule has 0 aliphatic heterocycles. The second kappa shape index (κ2) is 3.34. The summed E-state index contributed by atoms with van der Waals surface area (Å²) in [6.07, 6.45) is 3.18. The Morgan fingerprint density at radius 3 is 2.29 bits per heavy atom. The molecule has 0 atom stereocenters. The van der Waals surface area contributed by atoms with E-state index in [1.165, 1.54) is 6.20 Å². The third-order valence-corrected chi connectivity index (χ3v) is 0.590. The van der Waals surface area contributed by atoms with Crippen molar-refractivity contribution >= 4 is 5.71 Å². The molecule has 0 heterocycles. The minimum atomic E-state index is 0.898. The molecule has 0 unspecified atom stereocenters. The van der Waals surface area contributed by atoms with Crippen LogP contribution >= 0.6 is 0 Å². The smallest absolute Gasteiger partial charge is 0.0366 e. The third kappa shape index (κ3) is 2.97. The summed E-state index contributed by atoms with van der Waals surface area (Å²) < 4.78 is 0. The van der Waals surface area contributed by atoms with E-state index in [1.807, 2.05) is 6.92 Å². The standard InChI is InChI=1S/C6H9N/c1-4-6(3)7-5-2/h4-5H,1-2H2,3H3/b7-6-. The van der Waals surface area contributed by atoms with Crippen molar-refractivity contribution in [3.05, 3.63) is 25.4 Å². The molecule has 1 heteroatoms. The maximum atomic E-state index is 3.81. The Labute approximate surface area is 44.1 Å². The van der Waals surface area contributed by atoms with Crippen LogP contribution in [-0.4, -0.2) is 5.71 Å². The van der Waals surface area contributed by atoms with Crippen LogP contribution in [0.4, 0.5) is 0 Å². The zero-order chi connectivity index (χ0) is 5.70. The zero-order valence-electron chi connectivity index (χ0n) is 4.52. The van der Waals surface area contributed by atoms with Crippen LogP contribution in [0.1, 0.15) is 6.92 Å². The molecule has 1 nitrogen and oxygen atoms in total. The quantitative estimate of drug-likeness (QED) is 0.463. The maximum absolute atomic E-state index is 3.81. The fourth-order valence-electron chi connectivity index (χ4n) is 0.197. The molecule has 0 saturated carbocycles. The van der Waals surface area contributed by atoms with Crippen LogP contribution in [0.25, 0.3) is 0 Å². The highest BCUT2D eigenvalue weighted by Crippen LogP contribution is 1.76. The van der Waals surface area contributed by atoms with Crippen molar-refractivity contribution in [2.45, 2.75) is 6.92 Å². The lowest BCUT2D eigenvalue weighted by Gasteiger charge is -1.79. The molecule has 0 aromatic heterocycles. The Balaban J connectivity index is 3.72. The summed E-state index contributed by atoms with van der Waals surface area (Å²) in [4.78, 5) is 3.81. The van der Waals surface area contributed by atoms with Crippen LogP contribution in [0.2, 0.25) is 0 Å². The van der Waals surface area contributed by atoms with Gasteiger partial charge in [-0.1, -0.05) is 13.2 Å². The SMILES string of the molecule is C=C/N=C(/C)C=C. The summed E-state index contributed by atoms with van der Waals surface area (Å²) in [7, 11) is 0. The molecule has 0 fully saturated rings. The number of allylic oxidation sites excluding steroid dienone is 1. The molecule has 0 aliphatic rings. The van der Waals surface area contributed by atoms with Gasteiger partial charge in [0.2, 0.25) is 0 Å². The van der Waals surface area contributed by atoms with E-state index in [4.69, 9.17) is 0 Å². The van der Waals surface area contributed by atoms with Gasteiger partial charge in [-0.05, 0) is 13.0 Å². The van der Waals surface area contributed by atoms with E-state index in [2.05, 4.69) is 18.2 Å². The Morgan fingerprint density at radius 2 is 2.14 bits per heavy atom. The van der Waals surface area contributed by atoms with Gasteiger partial charge >= 0.3 is 0 Å². The van der Waals surface area contributed by atoms with Crippen LogP contribution < -0.4 is 0 Å². The predicted octanol–water partition coefficient (Wildman–Crippen LogP) is 1.78. The van der Waals surface area contributed by atoms with Gasteiger partial charge in [-0.15, -0.1) is 0 Å². The zero-order valence-corrected chi connectivity index (χ0v) is 4.52. The van der Waals surface area contributed by atoms with E-state index in [9.17, 15) is 0 Å². The van der Waals surface area contributed by atoms with Gasteiger partial charge in [0.05, 0.1) is 0 Å².